The third-order valence-electron chi connectivity index (χ3n) is 5.74. The molecule has 42 heavy (non-hydrogen) atoms. The Balaban J connectivity index is 1.36. The van der Waals surface area contributed by atoms with Crippen molar-refractivity contribution >= 4 is 63.3 Å². The molecule has 3 aromatic carbocycles. The second-order valence-electron chi connectivity index (χ2n) is 9.03. The summed E-state index contributed by atoms with van der Waals surface area (Å²) in [6.07, 6.45) is 0. The largest absolute Gasteiger partial charge is 0.497 e. The van der Waals surface area contributed by atoms with Gasteiger partial charge in [0.15, 0.2) is 5.13 Å². The van der Waals surface area contributed by atoms with E-state index in [1.807, 2.05) is 60.8 Å². The summed E-state index contributed by atoms with van der Waals surface area (Å²) < 4.78 is 5.22. The van der Waals surface area contributed by atoms with E-state index in [1.165, 1.54) is 18.3 Å². The lowest BCUT2D eigenvalue weighted by molar-refractivity contribution is -0.114. The van der Waals surface area contributed by atoms with E-state index in [9.17, 15) is 9.59 Å². The summed E-state index contributed by atoms with van der Waals surface area (Å²) in [5.41, 5.74) is 4.73. The van der Waals surface area contributed by atoms with Gasteiger partial charge in [0.1, 0.15) is 5.75 Å². The van der Waals surface area contributed by atoms with Crippen molar-refractivity contribution in [2.45, 2.75) is 13.8 Å². The smallest absolute Gasteiger partial charge is 0.326 e. The lowest BCUT2D eigenvalue weighted by Gasteiger charge is -2.11. The molecule has 0 saturated heterocycles. The molecule has 0 radical (unpaired) electrons. The third kappa shape index (κ3) is 7.55. The maximum absolute atomic E-state index is 12.7. The van der Waals surface area contributed by atoms with Crippen LogP contribution in [0.15, 0.2) is 78.2 Å². The number of urea groups is 1. The van der Waals surface area contributed by atoms with Crippen LogP contribution in [-0.4, -0.2) is 39.0 Å². The van der Waals surface area contributed by atoms with Crippen molar-refractivity contribution in [3.8, 4) is 17.0 Å². The van der Waals surface area contributed by atoms with Gasteiger partial charge in [-0.25, -0.2) is 9.78 Å². The first kappa shape index (κ1) is 28.0. The van der Waals surface area contributed by atoms with Crippen molar-refractivity contribution < 1.29 is 14.3 Å². The summed E-state index contributed by atoms with van der Waals surface area (Å²) in [6.45, 7) is 3.43. The number of carbonyl (C=O) groups is 2. The Kier molecular flexibility index (Phi) is 8.49. The number of aryl methyl sites for hydroxylation is 1. The summed E-state index contributed by atoms with van der Waals surface area (Å²) >= 11 is 1.36. The molecule has 0 aliphatic heterocycles. The van der Waals surface area contributed by atoms with Crippen LogP contribution in [0.5, 0.6) is 5.75 Å². The molecule has 0 atom stereocenters. The highest BCUT2D eigenvalue weighted by atomic mass is 32.1. The van der Waals surface area contributed by atoms with Gasteiger partial charge < -0.3 is 20.7 Å². The van der Waals surface area contributed by atoms with E-state index in [0.29, 0.717) is 27.9 Å². The Morgan fingerprint density at radius 1 is 0.690 bits per heavy atom. The molecule has 5 rings (SSSR count). The van der Waals surface area contributed by atoms with E-state index in [0.717, 1.165) is 16.8 Å². The molecule has 5 aromatic rings. The Labute approximate surface area is 245 Å². The minimum absolute atomic E-state index is 0.0264. The third-order valence-corrected chi connectivity index (χ3v) is 6.50. The number of benzene rings is 3. The SMILES string of the molecule is COc1ccc(Nc2nc(NC(=O)Nc3ccc(C)cc3)nc(Nc3nc(-c4ccc(NC(C)=O)cc4)cs3)n2)cc1. The number of carbonyl (C=O) groups excluding carboxylic acids is 2. The average Bonchev–Trinajstić information content (AvgIpc) is 3.43. The zero-order valence-corrected chi connectivity index (χ0v) is 23.7. The van der Waals surface area contributed by atoms with Crippen molar-refractivity contribution in [2.24, 2.45) is 0 Å². The molecule has 0 aliphatic carbocycles. The summed E-state index contributed by atoms with van der Waals surface area (Å²) in [4.78, 5) is 41.8. The number of amides is 3. The van der Waals surface area contributed by atoms with Gasteiger partial charge in [-0.05, 0) is 55.5 Å². The normalized spacial score (nSPS) is 10.5. The maximum atomic E-state index is 12.7. The van der Waals surface area contributed by atoms with Crippen LogP contribution in [0.4, 0.5) is 44.8 Å². The van der Waals surface area contributed by atoms with Gasteiger partial charge in [-0.15, -0.1) is 11.3 Å². The van der Waals surface area contributed by atoms with Crippen molar-refractivity contribution in [3.63, 3.8) is 0 Å². The predicted molar refractivity (Wildman–Crippen MR) is 165 cm³/mol. The number of rotatable bonds is 9. The van der Waals surface area contributed by atoms with Gasteiger partial charge in [-0.2, -0.15) is 15.0 Å². The van der Waals surface area contributed by atoms with E-state index < -0.39 is 6.03 Å². The van der Waals surface area contributed by atoms with Gasteiger partial charge in [-0.1, -0.05) is 29.8 Å². The zero-order valence-electron chi connectivity index (χ0n) is 22.9. The molecule has 0 fully saturated rings. The average molecular weight is 582 g/mol. The first-order chi connectivity index (χ1) is 20.3. The fraction of sp³-hybridized carbons (Fsp3) is 0.103. The number of hydrogen-bond donors (Lipinski definition) is 5. The van der Waals surface area contributed by atoms with Gasteiger partial charge in [0.05, 0.1) is 12.8 Å². The Bertz CT molecular complexity index is 1690. The van der Waals surface area contributed by atoms with Crippen LogP contribution < -0.4 is 31.3 Å². The molecule has 0 saturated carbocycles. The summed E-state index contributed by atoms with van der Waals surface area (Å²) in [5.74, 6) is 0.973. The molecule has 2 aromatic heterocycles. The topological polar surface area (TPSA) is 155 Å². The van der Waals surface area contributed by atoms with Crippen molar-refractivity contribution in [1.29, 1.82) is 0 Å². The van der Waals surface area contributed by atoms with Crippen LogP contribution >= 0.6 is 11.3 Å². The number of ether oxygens (including phenoxy) is 1. The molecule has 12 nitrogen and oxygen atoms in total. The van der Waals surface area contributed by atoms with Crippen LogP contribution in [0, 0.1) is 6.92 Å². The fourth-order valence-electron chi connectivity index (χ4n) is 3.73. The maximum Gasteiger partial charge on any atom is 0.326 e. The summed E-state index contributed by atoms with van der Waals surface area (Å²) in [7, 11) is 1.59. The first-order valence-electron chi connectivity index (χ1n) is 12.8. The molecule has 13 heteroatoms. The molecule has 2 heterocycles. The predicted octanol–water partition coefficient (Wildman–Crippen LogP) is 6.40. The highest BCUT2D eigenvalue weighted by molar-refractivity contribution is 7.14. The number of nitrogens with one attached hydrogen (secondary N) is 5. The number of nitrogens with zero attached hydrogens (tertiary/aromatic N) is 4. The zero-order chi connectivity index (χ0) is 29.5. The van der Waals surface area contributed by atoms with E-state index in [-0.39, 0.29) is 23.8 Å². The monoisotopic (exact) mass is 581 g/mol. The number of aromatic nitrogens is 4. The molecule has 5 N–H and O–H groups in total. The Hall–Kier alpha value is -5.56. The van der Waals surface area contributed by atoms with Crippen LogP contribution in [0.1, 0.15) is 12.5 Å². The number of methoxy groups -OCH3 is 1. The van der Waals surface area contributed by atoms with E-state index in [2.05, 4.69) is 46.5 Å². The number of hydrogen-bond acceptors (Lipinski definition) is 10. The van der Waals surface area contributed by atoms with Crippen molar-refractivity contribution in [2.75, 3.05) is 33.7 Å². The summed E-state index contributed by atoms with van der Waals surface area (Å²) in [6, 6.07) is 21.5. The van der Waals surface area contributed by atoms with E-state index >= 15 is 0 Å². The minimum Gasteiger partial charge on any atom is -0.497 e. The summed E-state index contributed by atoms with van der Waals surface area (Å²) in [5, 5.41) is 16.8. The van der Waals surface area contributed by atoms with E-state index in [4.69, 9.17) is 4.74 Å². The van der Waals surface area contributed by atoms with Crippen LogP contribution in [0.25, 0.3) is 11.3 Å². The highest BCUT2D eigenvalue weighted by Crippen LogP contribution is 2.28. The Morgan fingerprint density at radius 2 is 1.29 bits per heavy atom. The first-order valence-corrected chi connectivity index (χ1v) is 13.6. The second kappa shape index (κ2) is 12.7. The van der Waals surface area contributed by atoms with Gasteiger partial charge in [-0.3, -0.25) is 15.4 Å². The highest BCUT2D eigenvalue weighted by Gasteiger charge is 2.13. The van der Waals surface area contributed by atoms with Gasteiger partial charge in [0.2, 0.25) is 23.8 Å². The fourth-order valence-corrected chi connectivity index (χ4v) is 4.45. The Morgan fingerprint density at radius 3 is 1.95 bits per heavy atom. The van der Waals surface area contributed by atoms with Crippen LogP contribution in [0.3, 0.4) is 0 Å². The van der Waals surface area contributed by atoms with Gasteiger partial charge in [0, 0.05) is 34.9 Å². The van der Waals surface area contributed by atoms with Crippen LogP contribution in [0.2, 0.25) is 0 Å². The molecule has 3 amide bonds. The molecule has 0 bridgehead atoms. The molecule has 0 aliphatic rings. The molecule has 0 unspecified atom stereocenters. The molecule has 212 valence electrons. The molecule has 0 spiro atoms. The van der Waals surface area contributed by atoms with Gasteiger partial charge >= 0.3 is 6.03 Å². The van der Waals surface area contributed by atoms with Gasteiger partial charge in [0.25, 0.3) is 0 Å². The van der Waals surface area contributed by atoms with E-state index in [1.54, 1.807) is 31.4 Å². The number of thiazole rings is 1. The minimum atomic E-state index is -0.509. The standard InChI is InChI=1S/C29H27N9O3S/c1-17-4-8-22(9-5-17)32-28(40)37-26-34-25(31-21-12-14-23(41-3)15-13-21)35-27(36-26)38-29-33-24(16-42-29)19-6-10-20(11-7-19)30-18(2)39/h4-16H,1-3H3,(H,30,39)(H4,31,32,33,34,35,36,37,38,40). The van der Waals surface area contributed by atoms with Crippen LogP contribution in [-0.2, 0) is 4.79 Å². The van der Waals surface area contributed by atoms with Crippen molar-refractivity contribution in [3.05, 3.63) is 83.7 Å². The molecular weight excluding hydrogens is 554 g/mol. The quantitative estimate of drug-likeness (QED) is 0.133. The molecular formula is C29H27N9O3S. The number of anilines is 7. The lowest BCUT2D eigenvalue weighted by Crippen LogP contribution is -2.21. The lowest BCUT2D eigenvalue weighted by atomic mass is 10.1. The van der Waals surface area contributed by atoms with Crippen molar-refractivity contribution in [1.82, 2.24) is 19.9 Å². The second-order valence-corrected chi connectivity index (χ2v) is 9.88.